The first kappa shape index (κ1) is 21.1. The summed E-state index contributed by atoms with van der Waals surface area (Å²) in [6, 6.07) is 13.7. The SMILES string of the molecule is O=C(O)Cn1c(-c2ccc(C(F)(F)F)cc2)cnc(NCCc2ccccc2)c1=O. The minimum absolute atomic E-state index is 0.0251. The average molecular weight is 417 g/mol. The molecule has 0 radical (unpaired) electrons. The minimum atomic E-state index is -4.50. The van der Waals surface area contributed by atoms with Crippen molar-refractivity contribution in [3.8, 4) is 11.3 Å². The highest BCUT2D eigenvalue weighted by Crippen LogP contribution is 2.30. The number of aromatic nitrogens is 2. The fraction of sp³-hybridized carbons (Fsp3) is 0.190. The van der Waals surface area contributed by atoms with Crippen molar-refractivity contribution in [3.05, 3.63) is 82.3 Å². The zero-order valence-corrected chi connectivity index (χ0v) is 15.7. The number of carbonyl (C=O) groups is 1. The molecule has 0 unspecified atom stereocenters. The van der Waals surface area contributed by atoms with E-state index in [1.807, 2.05) is 30.3 Å². The van der Waals surface area contributed by atoms with Gasteiger partial charge in [0, 0.05) is 6.54 Å². The number of nitrogens with zero attached hydrogens (tertiary/aromatic N) is 2. The first-order valence-corrected chi connectivity index (χ1v) is 9.03. The van der Waals surface area contributed by atoms with Crippen LogP contribution in [0.1, 0.15) is 11.1 Å². The summed E-state index contributed by atoms with van der Waals surface area (Å²) in [6.45, 7) is -0.246. The molecule has 2 N–H and O–H groups in total. The van der Waals surface area contributed by atoms with Gasteiger partial charge in [0.1, 0.15) is 6.54 Å². The molecule has 9 heteroatoms. The number of hydrogen-bond acceptors (Lipinski definition) is 4. The first-order valence-electron chi connectivity index (χ1n) is 9.03. The molecule has 0 atom stereocenters. The standard InChI is InChI=1S/C21H18F3N3O3/c22-21(23,24)16-8-6-15(7-9-16)17-12-26-19(20(30)27(17)13-18(28)29)25-11-10-14-4-2-1-3-5-14/h1-9,12H,10-11,13H2,(H,25,26)(H,28,29). The molecule has 0 saturated heterocycles. The van der Waals surface area contributed by atoms with E-state index >= 15 is 0 Å². The third-order valence-corrected chi connectivity index (χ3v) is 4.40. The zero-order valence-electron chi connectivity index (χ0n) is 15.7. The maximum Gasteiger partial charge on any atom is 0.416 e. The van der Waals surface area contributed by atoms with Gasteiger partial charge in [-0.1, -0.05) is 42.5 Å². The van der Waals surface area contributed by atoms with Gasteiger partial charge in [0.25, 0.3) is 5.56 Å². The van der Waals surface area contributed by atoms with Crippen LogP contribution in [-0.4, -0.2) is 27.2 Å². The van der Waals surface area contributed by atoms with E-state index < -0.39 is 29.8 Å². The van der Waals surface area contributed by atoms with Gasteiger partial charge in [-0.15, -0.1) is 0 Å². The quantitative estimate of drug-likeness (QED) is 0.613. The second kappa shape index (κ2) is 8.81. The molecule has 1 heterocycles. The Morgan fingerprint density at radius 3 is 2.33 bits per heavy atom. The van der Waals surface area contributed by atoms with Crippen LogP contribution >= 0.6 is 0 Å². The summed E-state index contributed by atoms with van der Waals surface area (Å²) < 4.78 is 39.3. The fourth-order valence-electron chi connectivity index (χ4n) is 2.93. The second-order valence-electron chi connectivity index (χ2n) is 6.51. The number of hydrogen-bond donors (Lipinski definition) is 2. The van der Waals surface area contributed by atoms with Gasteiger partial charge in [0.15, 0.2) is 5.82 Å². The third kappa shape index (κ3) is 5.05. The van der Waals surface area contributed by atoms with Gasteiger partial charge in [-0.3, -0.25) is 14.2 Å². The fourth-order valence-corrected chi connectivity index (χ4v) is 2.93. The summed E-state index contributed by atoms with van der Waals surface area (Å²) in [4.78, 5) is 28.1. The topological polar surface area (TPSA) is 84.2 Å². The van der Waals surface area contributed by atoms with E-state index in [0.717, 1.165) is 22.3 Å². The smallest absolute Gasteiger partial charge is 0.416 e. The molecule has 0 aliphatic heterocycles. The maximum absolute atomic E-state index is 12.8. The van der Waals surface area contributed by atoms with Crippen molar-refractivity contribution in [3.63, 3.8) is 0 Å². The average Bonchev–Trinajstić information content (AvgIpc) is 2.71. The van der Waals surface area contributed by atoms with Crippen LogP contribution in [0.2, 0.25) is 0 Å². The predicted molar refractivity (Wildman–Crippen MR) is 105 cm³/mol. The number of nitrogens with one attached hydrogen (secondary N) is 1. The minimum Gasteiger partial charge on any atom is -0.480 e. The van der Waals surface area contributed by atoms with Gasteiger partial charge < -0.3 is 10.4 Å². The van der Waals surface area contributed by atoms with Crippen molar-refractivity contribution in [1.82, 2.24) is 9.55 Å². The van der Waals surface area contributed by atoms with Crippen LogP contribution in [-0.2, 0) is 23.9 Å². The Hall–Kier alpha value is -3.62. The molecule has 3 rings (SSSR count). The zero-order chi connectivity index (χ0) is 21.7. The molecule has 0 amide bonds. The number of alkyl halides is 3. The summed E-state index contributed by atoms with van der Waals surface area (Å²) in [6.07, 6.45) is -2.59. The van der Waals surface area contributed by atoms with Crippen molar-refractivity contribution in [2.45, 2.75) is 19.1 Å². The van der Waals surface area contributed by atoms with E-state index in [4.69, 9.17) is 0 Å². The highest BCUT2D eigenvalue weighted by molar-refractivity contribution is 5.69. The summed E-state index contributed by atoms with van der Waals surface area (Å²) in [5, 5.41) is 12.1. The van der Waals surface area contributed by atoms with Gasteiger partial charge in [-0.25, -0.2) is 4.98 Å². The largest absolute Gasteiger partial charge is 0.480 e. The Labute approximate surface area is 169 Å². The molecule has 3 aromatic rings. The number of aliphatic carboxylic acids is 1. The number of carboxylic acid groups (broad SMARTS) is 1. The third-order valence-electron chi connectivity index (χ3n) is 4.40. The van der Waals surface area contributed by atoms with Gasteiger partial charge in [0.05, 0.1) is 17.5 Å². The van der Waals surface area contributed by atoms with E-state index in [2.05, 4.69) is 10.3 Å². The molecule has 0 bridgehead atoms. The van der Waals surface area contributed by atoms with Crippen molar-refractivity contribution in [2.24, 2.45) is 0 Å². The molecular weight excluding hydrogens is 399 g/mol. The molecule has 2 aromatic carbocycles. The van der Waals surface area contributed by atoms with Crippen molar-refractivity contribution in [2.75, 3.05) is 11.9 Å². The Balaban J connectivity index is 1.88. The lowest BCUT2D eigenvalue weighted by atomic mass is 10.1. The lowest BCUT2D eigenvalue weighted by Crippen LogP contribution is -2.29. The Morgan fingerprint density at radius 2 is 1.73 bits per heavy atom. The Kier molecular flexibility index (Phi) is 6.20. The van der Waals surface area contributed by atoms with Gasteiger partial charge >= 0.3 is 12.1 Å². The number of halogens is 3. The highest BCUT2D eigenvalue weighted by Gasteiger charge is 2.30. The maximum atomic E-state index is 12.8. The van der Waals surface area contributed by atoms with E-state index in [1.165, 1.54) is 18.3 Å². The summed E-state index contributed by atoms with van der Waals surface area (Å²) >= 11 is 0. The van der Waals surface area contributed by atoms with Crippen LogP contribution in [0.15, 0.2) is 65.6 Å². The lowest BCUT2D eigenvalue weighted by Gasteiger charge is -2.14. The van der Waals surface area contributed by atoms with E-state index in [-0.39, 0.29) is 17.1 Å². The summed E-state index contributed by atoms with van der Waals surface area (Å²) in [5.74, 6) is -1.28. The predicted octanol–water partition coefficient (Wildman–Crippen LogP) is 3.67. The molecule has 156 valence electrons. The number of benzene rings is 2. The van der Waals surface area contributed by atoms with Gasteiger partial charge in [-0.05, 0) is 29.7 Å². The molecule has 6 nitrogen and oxygen atoms in total. The van der Waals surface area contributed by atoms with Crippen LogP contribution in [0.3, 0.4) is 0 Å². The Bertz CT molecular complexity index is 1080. The van der Waals surface area contributed by atoms with Crippen LogP contribution < -0.4 is 10.9 Å². The number of carboxylic acids is 1. The first-order chi connectivity index (χ1) is 14.3. The molecular formula is C21H18F3N3O3. The molecule has 0 aliphatic rings. The van der Waals surface area contributed by atoms with E-state index in [0.29, 0.717) is 13.0 Å². The summed E-state index contributed by atoms with van der Waals surface area (Å²) in [7, 11) is 0. The molecule has 0 saturated carbocycles. The summed E-state index contributed by atoms with van der Waals surface area (Å²) in [5.41, 5.74) is -0.0833. The number of rotatable bonds is 7. The molecule has 1 aromatic heterocycles. The van der Waals surface area contributed by atoms with Crippen molar-refractivity contribution in [1.29, 1.82) is 0 Å². The van der Waals surface area contributed by atoms with Crippen molar-refractivity contribution < 1.29 is 23.1 Å². The van der Waals surface area contributed by atoms with Crippen molar-refractivity contribution >= 4 is 11.8 Å². The molecule has 0 fully saturated rings. The molecule has 0 aliphatic carbocycles. The molecule has 0 spiro atoms. The normalized spacial score (nSPS) is 11.3. The van der Waals surface area contributed by atoms with Crippen LogP contribution in [0.5, 0.6) is 0 Å². The molecule has 30 heavy (non-hydrogen) atoms. The van der Waals surface area contributed by atoms with Crippen LogP contribution in [0.4, 0.5) is 19.0 Å². The van der Waals surface area contributed by atoms with Gasteiger partial charge in [-0.2, -0.15) is 13.2 Å². The van der Waals surface area contributed by atoms with Crippen LogP contribution in [0.25, 0.3) is 11.3 Å². The van der Waals surface area contributed by atoms with E-state index in [9.17, 15) is 27.9 Å². The Morgan fingerprint density at radius 1 is 1.07 bits per heavy atom. The van der Waals surface area contributed by atoms with E-state index in [1.54, 1.807) is 0 Å². The van der Waals surface area contributed by atoms with Gasteiger partial charge in [0.2, 0.25) is 0 Å². The second-order valence-corrected chi connectivity index (χ2v) is 6.51. The number of anilines is 1. The monoisotopic (exact) mass is 417 g/mol. The lowest BCUT2D eigenvalue weighted by molar-refractivity contribution is -0.138. The van der Waals surface area contributed by atoms with Crippen LogP contribution in [0, 0.1) is 0 Å². The highest BCUT2D eigenvalue weighted by atomic mass is 19.4.